The number of nitrogens with zero attached hydrogens (tertiary/aromatic N) is 2. The minimum absolute atomic E-state index is 0.254. The van der Waals surface area contributed by atoms with Gasteiger partial charge in [0.15, 0.2) is 0 Å². The molecule has 1 aromatic heterocycles. The van der Waals surface area contributed by atoms with E-state index in [9.17, 15) is 0 Å². The van der Waals surface area contributed by atoms with Crippen LogP contribution in [-0.2, 0) is 17.7 Å². The van der Waals surface area contributed by atoms with Crippen molar-refractivity contribution >= 4 is 0 Å². The van der Waals surface area contributed by atoms with Crippen molar-refractivity contribution < 1.29 is 4.74 Å². The Morgan fingerprint density at radius 3 is 2.95 bits per heavy atom. The fourth-order valence-corrected chi connectivity index (χ4v) is 3.06. The van der Waals surface area contributed by atoms with Crippen LogP contribution in [0.1, 0.15) is 38.7 Å². The van der Waals surface area contributed by atoms with Gasteiger partial charge in [0.2, 0.25) is 0 Å². The lowest BCUT2D eigenvalue weighted by atomic mass is 9.76. The Labute approximate surface area is 115 Å². The van der Waals surface area contributed by atoms with Gasteiger partial charge in [0.1, 0.15) is 0 Å². The molecule has 0 bridgehead atoms. The molecule has 1 aromatic rings. The lowest BCUT2D eigenvalue weighted by Crippen LogP contribution is -2.42. The average molecular weight is 263 g/mol. The van der Waals surface area contributed by atoms with E-state index in [1.807, 2.05) is 10.9 Å². The molecule has 2 atom stereocenters. The molecule has 0 spiro atoms. The van der Waals surface area contributed by atoms with Gasteiger partial charge in [0.25, 0.3) is 0 Å². The van der Waals surface area contributed by atoms with Crippen molar-refractivity contribution in [2.75, 3.05) is 13.2 Å². The van der Waals surface area contributed by atoms with E-state index >= 15 is 0 Å². The lowest BCUT2D eigenvalue weighted by molar-refractivity contribution is 0.0628. The molecule has 1 aliphatic carbocycles. The van der Waals surface area contributed by atoms with E-state index < -0.39 is 0 Å². The first kappa shape index (κ1) is 13.1. The second kappa shape index (κ2) is 5.25. The Morgan fingerprint density at radius 2 is 2.37 bits per heavy atom. The molecule has 2 heterocycles. The number of hydrogen-bond acceptors (Lipinski definition) is 3. The van der Waals surface area contributed by atoms with E-state index in [0.717, 1.165) is 38.6 Å². The van der Waals surface area contributed by atoms with E-state index in [0.29, 0.717) is 6.10 Å². The zero-order chi connectivity index (χ0) is 13.3. The predicted octanol–water partition coefficient (Wildman–Crippen LogP) is 1.99. The minimum atomic E-state index is 0.254. The molecular formula is C15H25N3O. The number of aryl methyl sites for hydroxylation is 1. The summed E-state index contributed by atoms with van der Waals surface area (Å²) in [6, 6.07) is 0.767. The van der Waals surface area contributed by atoms with Crippen LogP contribution in [0.3, 0.4) is 0 Å². The molecule has 0 amide bonds. The molecule has 19 heavy (non-hydrogen) atoms. The van der Waals surface area contributed by atoms with Crippen LogP contribution in [0.2, 0.25) is 0 Å². The molecule has 0 aromatic carbocycles. The van der Waals surface area contributed by atoms with E-state index in [-0.39, 0.29) is 5.41 Å². The zero-order valence-corrected chi connectivity index (χ0v) is 12.1. The predicted molar refractivity (Wildman–Crippen MR) is 75.1 cm³/mol. The second-order valence-corrected chi connectivity index (χ2v) is 6.16. The van der Waals surface area contributed by atoms with Crippen LogP contribution in [0.5, 0.6) is 0 Å². The topological polar surface area (TPSA) is 39.1 Å². The molecule has 106 valence electrons. The van der Waals surface area contributed by atoms with Crippen molar-refractivity contribution in [3.05, 3.63) is 18.0 Å². The molecule has 2 unspecified atom stereocenters. The first-order chi connectivity index (χ1) is 9.22. The highest BCUT2D eigenvalue weighted by molar-refractivity contribution is 5.11. The maximum Gasteiger partial charge on any atom is 0.0619 e. The summed E-state index contributed by atoms with van der Waals surface area (Å²) in [6.45, 7) is 7.28. The first-order valence-electron chi connectivity index (χ1n) is 7.58. The smallest absolute Gasteiger partial charge is 0.0619 e. The van der Waals surface area contributed by atoms with Gasteiger partial charge < -0.3 is 10.1 Å². The summed E-state index contributed by atoms with van der Waals surface area (Å²) >= 11 is 0. The Morgan fingerprint density at radius 1 is 1.53 bits per heavy atom. The molecule has 1 N–H and O–H groups in total. The van der Waals surface area contributed by atoms with Gasteiger partial charge in [-0.1, -0.05) is 0 Å². The minimum Gasteiger partial charge on any atom is -0.378 e. The molecular weight excluding hydrogens is 238 g/mol. The second-order valence-electron chi connectivity index (χ2n) is 6.16. The summed E-state index contributed by atoms with van der Waals surface area (Å²) in [4.78, 5) is 0. The Hall–Kier alpha value is -0.870. The van der Waals surface area contributed by atoms with Crippen LogP contribution >= 0.6 is 0 Å². The highest BCUT2D eigenvalue weighted by Gasteiger charge is 2.42. The molecule has 3 rings (SSSR count). The fraction of sp³-hybridized carbons (Fsp3) is 0.800. The van der Waals surface area contributed by atoms with E-state index in [4.69, 9.17) is 4.74 Å². The molecule has 4 nitrogen and oxygen atoms in total. The van der Waals surface area contributed by atoms with Gasteiger partial charge in [-0.25, -0.2) is 0 Å². The monoisotopic (exact) mass is 263 g/mol. The van der Waals surface area contributed by atoms with Gasteiger partial charge in [-0.15, -0.1) is 0 Å². The highest BCUT2D eigenvalue weighted by atomic mass is 16.5. The number of hydrogen-bond donors (Lipinski definition) is 1. The summed E-state index contributed by atoms with van der Waals surface area (Å²) in [6.07, 6.45) is 9.47. The van der Waals surface area contributed by atoms with Gasteiger partial charge in [-0.3, -0.25) is 4.68 Å². The third kappa shape index (κ3) is 2.84. The van der Waals surface area contributed by atoms with Crippen LogP contribution < -0.4 is 5.32 Å². The summed E-state index contributed by atoms with van der Waals surface area (Å²) in [5.74, 6) is 0. The SMILES string of the molecule is CCn1cc(CC2(CNC3CC3)CCOC2C)cn1. The Bertz CT molecular complexity index is 427. The number of aromatic nitrogens is 2. The highest BCUT2D eigenvalue weighted by Crippen LogP contribution is 2.38. The molecule has 4 heteroatoms. The first-order valence-corrected chi connectivity index (χ1v) is 7.58. The maximum atomic E-state index is 5.86. The summed E-state index contributed by atoms with van der Waals surface area (Å²) in [5.41, 5.74) is 1.60. The zero-order valence-electron chi connectivity index (χ0n) is 12.1. The maximum absolute atomic E-state index is 5.86. The molecule has 0 radical (unpaired) electrons. The van der Waals surface area contributed by atoms with Gasteiger partial charge in [-0.2, -0.15) is 5.10 Å². The molecule has 1 aliphatic heterocycles. The van der Waals surface area contributed by atoms with Gasteiger partial charge in [0.05, 0.1) is 12.3 Å². The van der Waals surface area contributed by atoms with Crippen molar-refractivity contribution in [1.82, 2.24) is 15.1 Å². The average Bonchev–Trinajstić information content (AvgIpc) is 3.03. The van der Waals surface area contributed by atoms with Crippen LogP contribution in [-0.4, -0.2) is 35.1 Å². The number of nitrogens with one attached hydrogen (secondary N) is 1. The third-order valence-electron chi connectivity index (χ3n) is 4.72. The van der Waals surface area contributed by atoms with Crippen molar-refractivity contribution in [1.29, 1.82) is 0 Å². The Balaban J connectivity index is 1.70. The largest absolute Gasteiger partial charge is 0.378 e. The van der Waals surface area contributed by atoms with Crippen LogP contribution in [0.4, 0.5) is 0 Å². The lowest BCUT2D eigenvalue weighted by Gasteiger charge is -2.32. The van der Waals surface area contributed by atoms with Crippen LogP contribution in [0.25, 0.3) is 0 Å². The molecule has 2 aliphatic rings. The molecule has 1 saturated heterocycles. The summed E-state index contributed by atoms with van der Waals surface area (Å²) < 4.78 is 7.87. The van der Waals surface area contributed by atoms with E-state index in [1.54, 1.807) is 0 Å². The normalized spacial score (nSPS) is 30.9. The number of rotatable bonds is 6. The van der Waals surface area contributed by atoms with Crippen molar-refractivity contribution in [3.63, 3.8) is 0 Å². The quantitative estimate of drug-likeness (QED) is 0.853. The van der Waals surface area contributed by atoms with Gasteiger partial charge >= 0.3 is 0 Å². The summed E-state index contributed by atoms with van der Waals surface area (Å²) in [5, 5.41) is 8.10. The summed E-state index contributed by atoms with van der Waals surface area (Å²) in [7, 11) is 0. The third-order valence-corrected chi connectivity index (χ3v) is 4.72. The van der Waals surface area contributed by atoms with Crippen molar-refractivity contribution in [3.8, 4) is 0 Å². The van der Waals surface area contributed by atoms with Crippen LogP contribution in [0, 0.1) is 5.41 Å². The van der Waals surface area contributed by atoms with Gasteiger partial charge in [0, 0.05) is 37.4 Å². The fourth-order valence-electron chi connectivity index (χ4n) is 3.06. The standard InChI is InChI=1S/C15H25N3O/c1-3-18-10-13(9-17-18)8-15(6-7-19-12(15)2)11-16-14-4-5-14/h9-10,12,14,16H,3-8,11H2,1-2H3. The number of ether oxygens (including phenoxy) is 1. The van der Waals surface area contributed by atoms with Crippen LogP contribution in [0.15, 0.2) is 12.4 Å². The molecule has 1 saturated carbocycles. The van der Waals surface area contributed by atoms with Crippen molar-refractivity contribution in [2.24, 2.45) is 5.41 Å². The molecule has 2 fully saturated rings. The van der Waals surface area contributed by atoms with E-state index in [2.05, 4.69) is 30.5 Å². The Kier molecular flexibility index (Phi) is 3.63. The van der Waals surface area contributed by atoms with E-state index in [1.165, 1.54) is 18.4 Å². The van der Waals surface area contributed by atoms with Crippen molar-refractivity contribution in [2.45, 2.75) is 58.2 Å². The van der Waals surface area contributed by atoms with Gasteiger partial charge in [-0.05, 0) is 45.1 Å².